The molecule has 2 nitrogen and oxygen atoms in total. The van der Waals surface area contributed by atoms with Crippen LogP contribution < -0.4 is 5.73 Å². The molecule has 1 aliphatic heterocycles. The molecular weight excluding hydrogens is 271 g/mol. The average Bonchev–Trinajstić information content (AvgIpc) is 2.91. The summed E-state index contributed by atoms with van der Waals surface area (Å²) in [6, 6.07) is 7.41. The van der Waals surface area contributed by atoms with E-state index in [9.17, 15) is 4.39 Å². The molecule has 2 aromatic rings. The summed E-state index contributed by atoms with van der Waals surface area (Å²) in [7, 11) is 0. The van der Waals surface area contributed by atoms with Crippen molar-refractivity contribution in [2.75, 3.05) is 13.1 Å². The number of thiophene rings is 1. The van der Waals surface area contributed by atoms with Crippen molar-refractivity contribution in [2.24, 2.45) is 5.73 Å². The first-order valence-electron chi connectivity index (χ1n) is 6.94. The molecule has 0 saturated heterocycles. The molecule has 1 aliphatic rings. The summed E-state index contributed by atoms with van der Waals surface area (Å²) in [5, 5.41) is 2.14. The van der Waals surface area contributed by atoms with Crippen LogP contribution in [0.5, 0.6) is 0 Å². The summed E-state index contributed by atoms with van der Waals surface area (Å²) >= 11 is 1.82. The zero-order valence-corrected chi connectivity index (χ0v) is 12.4. The number of hydrogen-bond donors (Lipinski definition) is 1. The number of nitrogens with zero attached hydrogens (tertiary/aromatic N) is 1. The van der Waals surface area contributed by atoms with Crippen LogP contribution in [-0.4, -0.2) is 18.0 Å². The zero-order chi connectivity index (χ0) is 14.1. The minimum atomic E-state index is -0.151. The van der Waals surface area contributed by atoms with Gasteiger partial charge in [-0.05, 0) is 36.4 Å². The average molecular weight is 290 g/mol. The van der Waals surface area contributed by atoms with E-state index in [1.807, 2.05) is 24.3 Å². The molecule has 2 N–H and O–H groups in total. The van der Waals surface area contributed by atoms with Gasteiger partial charge in [0.25, 0.3) is 0 Å². The van der Waals surface area contributed by atoms with Gasteiger partial charge in [0.15, 0.2) is 0 Å². The highest BCUT2D eigenvalue weighted by atomic mass is 32.1. The van der Waals surface area contributed by atoms with Crippen LogP contribution in [0, 0.1) is 12.7 Å². The fourth-order valence-corrected chi connectivity index (χ4v) is 3.82. The largest absolute Gasteiger partial charge is 0.329 e. The second-order valence-electron chi connectivity index (χ2n) is 5.37. The van der Waals surface area contributed by atoms with Gasteiger partial charge in [0.1, 0.15) is 5.82 Å². The highest BCUT2D eigenvalue weighted by molar-refractivity contribution is 7.10. The summed E-state index contributed by atoms with van der Waals surface area (Å²) in [5.74, 6) is -0.151. The van der Waals surface area contributed by atoms with Crippen LogP contribution in [0.1, 0.15) is 27.6 Å². The first kappa shape index (κ1) is 13.7. The van der Waals surface area contributed by atoms with E-state index >= 15 is 0 Å². The van der Waals surface area contributed by atoms with Crippen LogP contribution >= 0.6 is 11.3 Å². The maximum Gasteiger partial charge on any atom is 0.128 e. The van der Waals surface area contributed by atoms with Crippen LogP contribution in [0.25, 0.3) is 0 Å². The fraction of sp³-hybridized carbons (Fsp3) is 0.375. The van der Waals surface area contributed by atoms with Gasteiger partial charge in [-0.15, -0.1) is 11.3 Å². The third kappa shape index (κ3) is 2.51. The Balaban J connectivity index is 1.89. The van der Waals surface area contributed by atoms with E-state index < -0.39 is 0 Å². The topological polar surface area (TPSA) is 29.3 Å². The van der Waals surface area contributed by atoms with E-state index in [0.717, 1.165) is 30.6 Å². The van der Waals surface area contributed by atoms with Gasteiger partial charge in [0.2, 0.25) is 0 Å². The Morgan fingerprint density at radius 1 is 1.40 bits per heavy atom. The van der Waals surface area contributed by atoms with Gasteiger partial charge in [-0.2, -0.15) is 0 Å². The van der Waals surface area contributed by atoms with Crippen LogP contribution in [0.3, 0.4) is 0 Å². The Bertz CT molecular complexity index is 608. The van der Waals surface area contributed by atoms with Crippen molar-refractivity contribution in [3.8, 4) is 0 Å². The first-order chi connectivity index (χ1) is 9.69. The normalized spacial score (nSPS) is 16.9. The Hall–Kier alpha value is -1.23. The molecular formula is C16H19FN2S. The van der Waals surface area contributed by atoms with Crippen molar-refractivity contribution in [2.45, 2.75) is 25.9 Å². The van der Waals surface area contributed by atoms with Gasteiger partial charge in [-0.1, -0.05) is 17.7 Å². The predicted octanol–water partition coefficient (Wildman–Crippen LogP) is 3.25. The quantitative estimate of drug-likeness (QED) is 0.940. The van der Waals surface area contributed by atoms with E-state index in [4.69, 9.17) is 5.73 Å². The molecule has 1 atom stereocenters. The van der Waals surface area contributed by atoms with E-state index in [1.54, 1.807) is 12.1 Å². The summed E-state index contributed by atoms with van der Waals surface area (Å²) in [6.45, 7) is 4.25. The maximum atomic E-state index is 14.1. The molecule has 1 unspecified atom stereocenters. The molecule has 0 bridgehead atoms. The van der Waals surface area contributed by atoms with E-state index in [1.165, 1.54) is 10.4 Å². The molecule has 4 heteroatoms. The Morgan fingerprint density at radius 3 is 3.05 bits per heavy atom. The number of nitrogens with two attached hydrogens (primary N) is 1. The van der Waals surface area contributed by atoms with E-state index in [2.05, 4.69) is 16.3 Å². The zero-order valence-electron chi connectivity index (χ0n) is 11.6. The first-order valence-corrected chi connectivity index (χ1v) is 7.82. The highest BCUT2D eigenvalue weighted by Gasteiger charge is 2.26. The molecule has 0 radical (unpaired) electrons. The van der Waals surface area contributed by atoms with Gasteiger partial charge >= 0.3 is 0 Å². The lowest BCUT2D eigenvalue weighted by Gasteiger charge is -2.34. The second-order valence-corrected chi connectivity index (χ2v) is 6.37. The van der Waals surface area contributed by atoms with Crippen molar-refractivity contribution in [3.05, 3.63) is 57.0 Å². The van der Waals surface area contributed by atoms with E-state index in [0.29, 0.717) is 6.54 Å². The molecule has 3 rings (SSSR count). The van der Waals surface area contributed by atoms with Crippen LogP contribution in [-0.2, 0) is 13.0 Å². The molecule has 0 amide bonds. The van der Waals surface area contributed by atoms with Gasteiger partial charge in [-0.25, -0.2) is 4.39 Å². The van der Waals surface area contributed by atoms with Crippen LogP contribution in [0.15, 0.2) is 29.6 Å². The molecule has 0 saturated carbocycles. The summed E-state index contributed by atoms with van der Waals surface area (Å²) in [4.78, 5) is 3.76. The molecule has 0 aliphatic carbocycles. The van der Waals surface area contributed by atoms with Crippen LogP contribution in [0.2, 0.25) is 0 Å². The molecule has 20 heavy (non-hydrogen) atoms. The van der Waals surface area contributed by atoms with Crippen molar-refractivity contribution < 1.29 is 4.39 Å². The Morgan fingerprint density at radius 2 is 2.25 bits per heavy atom. The minimum Gasteiger partial charge on any atom is -0.329 e. The summed E-state index contributed by atoms with van der Waals surface area (Å²) in [6.07, 6.45) is 1.04. The standard InChI is InChI=1S/C16H19FN2S/c1-11-2-3-14(17)13(8-11)15(9-18)19-6-4-16-12(10-19)5-7-20-16/h2-3,5,7-8,15H,4,6,9-10,18H2,1H3. The predicted molar refractivity (Wildman–Crippen MR) is 81.4 cm³/mol. The van der Waals surface area contributed by atoms with Crippen molar-refractivity contribution in [1.29, 1.82) is 0 Å². The third-order valence-electron chi connectivity index (χ3n) is 4.01. The molecule has 2 heterocycles. The molecule has 1 aromatic heterocycles. The number of hydrogen-bond acceptors (Lipinski definition) is 3. The van der Waals surface area contributed by atoms with Gasteiger partial charge in [-0.3, -0.25) is 4.90 Å². The third-order valence-corrected chi connectivity index (χ3v) is 5.03. The lowest BCUT2D eigenvalue weighted by molar-refractivity contribution is 0.181. The fourth-order valence-electron chi connectivity index (χ4n) is 2.93. The Labute approximate surface area is 123 Å². The number of halogens is 1. The van der Waals surface area contributed by atoms with E-state index in [-0.39, 0.29) is 11.9 Å². The van der Waals surface area contributed by atoms with Crippen LogP contribution in [0.4, 0.5) is 4.39 Å². The number of fused-ring (bicyclic) bond motifs is 1. The summed E-state index contributed by atoms with van der Waals surface area (Å²) in [5.41, 5.74) is 9.12. The van der Waals surface area contributed by atoms with Crippen molar-refractivity contribution in [1.82, 2.24) is 4.90 Å². The summed E-state index contributed by atoms with van der Waals surface area (Å²) < 4.78 is 14.1. The maximum absolute atomic E-state index is 14.1. The molecule has 0 spiro atoms. The molecule has 106 valence electrons. The highest BCUT2D eigenvalue weighted by Crippen LogP contribution is 2.31. The van der Waals surface area contributed by atoms with Gasteiger partial charge in [0, 0.05) is 30.1 Å². The van der Waals surface area contributed by atoms with Crippen molar-refractivity contribution in [3.63, 3.8) is 0 Å². The second kappa shape index (κ2) is 5.64. The van der Waals surface area contributed by atoms with Crippen molar-refractivity contribution >= 4 is 11.3 Å². The van der Waals surface area contributed by atoms with Gasteiger partial charge < -0.3 is 5.73 Å². The number of aryl methyl sites for hydroxylation is 1. The SMILES string of the molecule is Cc1ccc(F)c(C(CN)N2CCc3sccc3C2)c1. The monoisotopic (exact) mass is 290 g/mol. The van der Waals surface area contributed by atoms with Gasteiger partial charge in [0.05, 0.1) is 6.04 Å². The smallest absolute Gasteiger partial charge is 0.128 e. The minimum absolute atomic E-state index is 0.0389. The lowest BCUT2D eigenvalue weighted by Crippen LogP contribution is -2.37. The molecule has 0 fully saturated rings. The number of rotatable bonds is 3. The Kier molecular flexibility index (Phi) is 3.87. The molecule has 1 aromatic carbocycles. The number of benzene rings is 1. The lowest BCUT2D eigenvalue weighted by atomic mass is 9.99.